The monoisotopic (exact) mass is 552 g/mol. The van der Waals surface area contributed by atoms with Crippen LogP contribution in [0, 0.1) is 39.9 Å². The molecule has 0 unspecified atom stereocenters. The zero-order valence-corrected chi connectivity index (χ0v) is 22.4. The summed E-state index contributed by atoms with van der Waals surface area (Å²) in [5.74, 6) is -10.2. The van der Waals surface area contributed by atoms with E-state index in [1.807, 2.05) is 41.5 Å². The maximum atomic E-state index is 14.4. The topological polar surface area (TPSA) is 60.3 Å². The Kier molecular flexibility index (Phi) is 7.11. The Morgan fingerprint density at radius 1 is 0.816 bits per heavy atom. The van der Waals surface area contributed by atoms with Crippen LogP contribution in [0.3, 0.4) is 0 Å². The molecule has 0 radical (unpaired) electrons. The van der Waals surface area contributed by atoms with Gasteiger partial charge in [0.2, 0.25) is 5.82 Å². The Hall–Kier alpha value is -3.34. The van der Waals surface area contributed by atoms with Gasteiger partial charge in [0.1, 0.15) is 23.8 Å². The number of carbonyl (C=O) groups excluding carboxylic acids is 1. The number of hydrogen-bond acceptors (Lipinski definition) is 6. The molecule has 1 aliphatic carbocycles. The molecule has 1 aromatic heterocycles. The Morgan fingerprint density at radius 2 is 1.32 bits per heavy atom. The second-order valence-electron chi connectivity index (χ2n) is 10.8. The van der Waals surface area contributed by atoms with Gasteiger partial charge < -0.3 is 9.47 Å². The molecule has 0 saturated heterocycles. The number of ketones is 1. The van der Waals surface area contributed by atoms with E-state index in [4.69, 9.17) is 9.47 Å². The van der Waals surface area contributed by atoms with E-state index in [0.29, 0.717) is 39.7 Å². The van der Waals surface area contributed by atoms with Crippen molar-refractivity contribution in [1.29, 1.82) is 0 Å². The third kappa shape index (κ3) is 4.91. The molecule has 38 heavy (non-hydrogen) atoms. The Morgan fingerprint density at radius 3 is 1.84 bits per heavy atom. The molecule has 2 aromatic rings. The number of halogens is 5. The van der Waals surface area contributed by atoms with Crippen molar-refractivity contribution >= 4 is 28.5 Å². The first-order chi connectivity index (χ1) is 17.6. The number of thiophene rings is 1. The molecule has 5 nitrogen and oxygen atoms in total. The lowest BCUT2D eigenvalue weighted by Gasteiger charge is -2.31. The van der Waals surface area contributed by atoms with E-state index in [9.17, 15) is 26.7 Å². The largest absolute Gasteiger partial charge is 0.485 e. The van der Waals surface area contributed by atoms with Gasteiger partial charge in [0.25, 0.3) is 0 Å². The van der Waals surface area contributed by atoms with Crippen molar-refractivity contribution < 1.29 is 36.2 Å². The predicted molar refractivity (Wildman–Crippen MR) is 133 cm³/mol. The molecule has 0 spiro atoms. The standard InChI is InChI=1S/C27H25F5N2O3S/c1-26(2,3)13-9-12(10-14(23(13)35)27(4,5)6)21(25-24-15(11-38-25)36-7-8-37-24)33-34-22-19(31)17(29)16(28)18(30)20(22)32/h9-11H,7-8H2,1-6H3. The summed E-state index contributed by atoms with van der Waals surface area (Å²) in [6.45, 7) is 11.7. The van der Waals surface area contributed by atoms with Gasteiger partial charge in [-0.3, -0.25) is 4.79 Å². The number of hydrogen-bond donors (Lipinski definition) is 0. The number of allylic oxidation sites excluding steroid dienone is 5. The molecule has 0 fully saturated rings. The van der Waals surface area contributed by atoms with E-state index in [1.54, 1.807) is 17.5 Å². The van der Waals surface area contributed by atoms with Crippen molar-refractivity contribution in [2.45, 2.75) is 41.5 Å². The quantitative estimate of drug-likeness (QED) is 0.167. The van der Waals surface area contributed by atoms with Crippen LogP contribution in [0.2, 0.25) is 0 Å². The second-order valence-corrected chi connectivity index (χ2v) is 11.7. The summed E-state index contributed by atoms with van der Waals surface area (Å²) in [6, 6.07) is 0. The fourth-order valence-electron chi connectivity index (χ4n) is 3.92. The zero-order chi connectivity index (χ0) is 28.2. The molecule has 2 heterocycles. The van der Waals surface area contributed by atoms with E-state index < -0.39 is 45.6 Å². The highest BCUT2D eigenvalue weighted by molar-refractivity contribution is 7.11. The van der Waals surface area contributed by atoms with Gasteiger partial charge >= 0.3 is 0 Å². The minimum absolute atomic E-state index is 0.0155. The van der Waals surface area contributed by atoms with Gasteiger partial charge in [0.15, 0.2) is 46.2 Å². The van der Waals surface area contributed by atoms with E-state index in [1.165, 1.54) is 0 Å². The summed E-state index contributed by atoms with van der Waals surface area (Å²) in [4.78, 5) is 13.8. The first-order valence-electron chi connectivity index (χ1n) is 11.7. The van der Waals surface area contributed by atoms with Crippen molar-refractivity contribution in [2.75, 3.05) is 13.2 Å². The normalized spacial score (nSPS) is 16.2. The SMILES string of the molecule is CC(C)(C)C1=CC(=C(N=Nc2c(F)c(F)c(F)c(F)c2F)c2scc3c2OCCO3)C=C(C(C)(C)C)C1=O. The average molecular weight is 553 g/mol. The van der Waals surface area contributed by atoms with E-state index in [2.05, 4.69) is 10.2 Å². The minimum atomic E-state index is -2.29. The van der Waals surface area contributed by atoms with Crippen molar-refractivity contribution in [2.24, 2.45) is 21.1 Å². The Balaban J connectivity index is 2.04. The number of ether oxygens (including phenoxy) is 2. The molecule has 202 valence electrons. The highest BCUT2D eigenvalue weighted by Gasteiger charge is 2.36. The first kappa shape index (κ1) is 27.7. The first-order valence-corrected chi connectivity index (χ1v) is 12.5. The molecule has 1 aromatic carbocycles. The number of rotatable bonds is 3. The molecular weight excluding hydrogens is 527 g/mol. The third-order valence-electron chi connectivity index (χ3n) is 5.93. The van der Waals surface area contributed by atoms with Gasteiger partial charge in [-0.05, 0) is 23.0 Å². The summed E-state index contributed by atoms with van der Waals surface area (Å²) >= 11 is 1.14. The van der Waals surface area contributed by atoms with Crippen LogP contribution in [0.5, 0.6) is 11.5 Å². The fourth-order valence-corrected chi connectivity index (χ4v) is 4.86. The third-order valence-corrected chi connectivity index (χ3v) is 6.88. The molecule has 0 saturated carbocycles. The van der Waals surface area contributed by atoms with Crippen LogP contribution in [0.25, 0.3) is 5.70 Å². The lowest BCUT2D eigenvalue weighted by molar-refractivity contribution is -0.114. The smallest absolute Gasteiger partial charge is 0.200 e. The van der Waals surface area contributed by atoms with Crippen LogP contribution in [-0.4, -0.2) is 19.0 Å². The van der Waals surface area contributed by atoms with Crippen molar-refractivity contribution in [3.8, 4) is 11.5 Å². The second kappa shape index (κ2) is 9.76. The highest BCUT2D eigenvalue weighted by atomic mass is 32.1. The number of carbonyl (C=O) groups is 1. The van der Waals surface area contributed by atoms with Crippen LogP contribution in [0.1, 0.15) is 46.4 Å². The Bertz CT molecular complexity index is 1390. The number of azo groups is 1. The van der Waals surface area contributed by atoms with E-state index in [-0.39, 0.29) is 18.1 Å². The number of Topliss-reactive ketones (excluding diaryl/α,β-unsaturated/α-hetero) is 1. The molecule has 2 aliphatic rings. The van der Waals surface area contributed by atoms with Crippen molar-refractivity contribution in [3.05, 3.63) is 68.2 Å². The van der Waals surface area contributed by atoms with E-state index in [0.717, 1.165) is 11.3 Å². The van der Waals surface area contributed by atoms with Gasteiger partial charge in [0, 0.05) is 22.1 Å². The summed E-state index contributed by atoms with van der Waals surface area (Å²) in [7, 11) is 0. The van der Waals surface area contributed by atoms with Crippen LogP contribution in [0.15, 0.2) is 44.5 Å². The number of fused-ring (bicyclic) bond motifs is 1. The molecule has 0 bridgehead atoms. The molecule has 4 rings (SSSR count). The van der Waals surface area contributed by atoms with Crippen LogP contribution < -0.4 is 9.47 Å². The highest BCUT2D eigenvalue weighted by Crippen LogP contribution is 2.47. The maximum Gasteiger partial charge on any atom is 0.200 e. The van der Waals surface area contributed by atoms with Gasteiger partial charge in [0.05, 0.1) is 0 Å². The van der Waals surface area contributed by atoms with Crippen LogP contribution >= 0.6 is 11.3 Å². The van der Waals surface area contributed by atoms with Gasteiger partial charge in [-0.1, -0.05) is 41.5 Å². The van der Waals surface area contributed by atoms with Crippen LogP contribution in [0.4, 0.5) is 27.6 Å². The van der Waals surface area contributed by atoms with Crippen molar-refractivity contribution in [1.82, 2.24) is 0 Å². The van der Waals surface area contributed by atoms with E-state index >= 15 is 0 Å². The number of nitrogens with zero attached hydrogens (tertiary/aromatic N) is 2. The summed E-state index contributed by atoms with van der Waals surface area (Å²) in [5, 5.41) is 9.13. The number of benzene rings is 1. The molecule has 11 heteroatoms. The predicted octanol–water partition coefficient (Wildman–Crippen LogP) is 8.24. The Labute approximate surface area is 220 Å². The van der Waals surface area contributed by atoms with Gasteiger partial charge in [-0.2, -0.15) is 0 Å². The van der Waals surface area contributed by atoms with Gasteiger partial charge in [-0.25, -0.2) is 22.0 Å². The fraction of sp³-hybridized carbons (Fsp3) is 0.370. The van der Waals surface area contributed by atoms with Crippen LogP contribution in [-0.2, 0) is 4.79 Å². The average Bonchev–Trinajstić information content (AvgIpc) is 3.26. The maximum absolute atomic E-state index is 14.4. The lowest BCUT2D eigenvalue weighted by Crippen LogP contribution is -2.28. The molecule has 0 atom stereocenters. The molecular formula is C27H25F5N2O3S. The molecule has 0 N–H and O–H groups in total. The summed E-state index contributed by atoms with van der Waals surface area (Å²) in [5.41, 5.74) is -1.35. The molecule has 1 aliphatic heterocycles. The van der Waals surface area contributed by atoms with Crippen molar-refractivity contribution in [3.63, 3.8) is 0 Å². The summed E-state index contributed by atoms with van der Waals surface area (Å²) < 4.78 is 81.4. The minimum Gasteiger partial charge on any atom is -0.485 e. The zero-order valence-electron chi connectivity index (χ0n) is 21.6. The van der Waals surface area contributed by atoms with Gasteiger partial charge in [-0.15, -0.1) is 21.6 Å². The molecule has 0 amide bonds. The summed E-state index contributed by atoms with van der Waals surface area (Å²) in [6.07, 6.45) is 3.19. The lowest BCUT2D eigenvalue weighted by atomic mass is 9.71.